The van der Waals surface area contributed by atoms with Crippen molar-refractivity contribution >= 4 is 46.4 Å². The molecule has 1 aromatic heterocycles. The molecule has 0 aliphatic carbocycles. The summed E-state index contributed by atoms with van der Waals surface area (Å²) in [5, 5.41) is 11.0. The molecule has 0 aliphatic heterocycles. The smallest absolute Gasteiger partial charge is 0.274 e. The van der Waals surface area contributed by atoms with Gasteiger partial charge in [-0.2, -0.15) is 0 Å². The van der Waals surface area contributed by atoms with Crippen molar-refractivity contribution in [3.8, 4) is 0 Å². The largest absolute Gasteiger partial charge is 0.326 e. The van der Waals surface area contributed by atoms with E-state index in [1.165, 1.54) is 26.0 Å². The van der Waals surface area contributed by atoms with Crippen molar-refractivity contribution in [2.75, 3.05) is 21.3 Å². The van der Waals surface area contributed by atoms with Crippen LogP contribution in [0.1, 0.15) is 46.0 Å². The van der Waals surface area contributed by atoms with Gasteiger partial charge < -0.3 is 21.3 Å². The van der Waals surface area contributed by atoms with Crippen molar-refractivity contribution < 1.29 is 19.2 Å². The number of nitrogens with one attached hydrogen (secondary N) is 4. The lowest BCUT2D eigenvalue weighted by Crippen LogP contribution is -2.19. The SMILES string of the molecule is CC(=O)Nc1cccc(NC(=O)c2cccc(C(=O)Nc3cccc(NC(C)=O)c3C)n2)c1C. The molecule has 4 amide bonds. The maximum Gasteiger partial charge on any atom is 0.274 e. The first-order valence-electron chi connectivity index (χ1n) is 10.5. The van der Waals surface area contributed by atoms with E-state index in [4.69, 9.17) is 0 Å². The molecule has 2 aromatic carbocycles. The molecule has 0 spiro atoms. The van der Waals surface area contributed by atoms with Crippen LogP contribution in [0.4, 0.5) is 22.7 Å². The predicted molar refractivity (Wildman–Crippen MR) is 131 cm³/mol. The Morgan fingerprint density at radius 3 is 1.24 bits per heavy atom. The van der Waals surface area contributed by atoms with Crippen LogP contribution in [0.15, 0.2) is 54.6 Å². The molecule has 1 heterocycles. The maximum atomic E-state index is 12.8. The molecule has 0 saturated heterocycles. The Labute approximate surface area is 197 Å². The Kier molecular flexibility index (Phi) is 7.37. The van der Waals surface area contributed by atoms with Crippen LogP contribution in [0.2, 0.25) is 0 Å². The Balaban J connectivity index is 1.78. The zero-order valence-corrected chi connectivity index (χ0v) is 19.3. The topological polar surface area (TPSA) is 129 Å². The minimum atomic E-state index is -0.499. The second-order valence-electron chi connectivity index (χ2n) is 7.63. The molecular formula is C25H25N5O4. The molecule has 9 nitrogen and oxygen atoms in total. The summed E-state index contributed by atoms with van der Waals surface area (Å²) in [5.74, 6) is -1.43. The average molecular weight is 460 g/mol. The number of nitrogens with zero attached hydrogens (tertiary/aromatic N) is 1. The lowest BCUT2D eigenvalue weighted by molar-refractivity contribution is -0.115. The highest BCUT2D eigenvalue weighted by atomic mass is 16.2. The maximum absolute atomic E-state index is 12.8. The fourth-order valence-corrected chi connectivity index (χ4v) is 3.25. The Hall–Kier alpha value is -4.53. The molecule has 0 radical (unpaired) electrons. The second-order valence-corrected chi connectivity index (χ2v) is 7.63. The summed E-state index contributed by atoms with van der Waals surface area (Å²) < 4.78 is 0. The number of carbonyl (C=O) groups excluding carboxylic acids is 4. The van der Waals surface area contributed by atoms with E-state index in [2.05, 4.69) is 26.3 Å². The summed E-state index contributed by atoms with van der Waals surface area (Å²) in [6.45, 7) is 6.36. The number of rotatable bonds is 6. The summed E-state index contributed by atoms with van der Waals surface area (Å²) in [6.07, 6.45) is 0. The van der Waals surface area contributed by atoms with E-state index >= 15 is 0 Å². The van der Waals surface area contributed by atoms with Crippen molar-refractivity contribution in [2.24, 2.45) is 0 Å². The van der Waals surface area contributed by atoms with E-state index in [0.717, 1.165) is 0 Å². The van der Waals surface area contributed by atoms with Gasteiger partial charge in [-0.25, -0.2) is 4.98 Å². The van der Waals surface area contributed by atoms with Gasteiger partial charge in [-0.1, -0.05) is 18.2 Å². The van der Waals surface area contributed by atoms with Crippen LogP contribution >= 0.6 is 0 Å². The van der Waals surface area contributed by atoms with E-state index < -0.39 is 11.8 Å². The lowest BCUT2D eigenvalue weighted by atomic mass is 10.1. The lowest BCUT2D eigenvalue weighted by Gasteiger charge is -2.14. The summed E-state index contributed by atoms with van der Waals surface area (Å²) in [7, 11) is 0. The van der Waals surface area contributed by atoms with Gasteiger partial charge in [-0.15, -0.1) is 0 Å². The van der Waals surface area contributed by atoms with Crippen LogP contribution in [-0.4, -0.2) is 28.6 Å². The molecule has 4 N–H and O–H groups in total. The number of pyridine rings is 1. The van der Waals surface area contributed by atoms with Gasteiger partial charge in [0.25, 0.3) is 11.8 Å². The monoisotopic (exact) mass is 459 g/mol. The highest BCUT2D eigenvalue weighted by Gasteiger charge is 2.16. The van der Waals surface area contributed by atoms with Crippen LogP contribution < -0.4 is 21.3 Å². The first-order valence-corrected chi connectivity index (χ1v) is 10.5. The van der Waals surface area contributed by atoms with E-state index in [0.29, 0.717) is 33.9 Å². The third-order valence-corrected chi connectivity index (χ3v) is 5.00. The molecule has 9 heteroatoms. The third kappa shape index (κ3) is 5.83. The molecule has 0 atom stereocenters. The van der Waals surface area contributed by atoms with Crippen molar-refractivity contribution in [3.05, 3.63) is 77.1 Å². The molecule has 34 heavy (non-hydrogen) atoms. The van der Waals surface area contributed by atoms with Gasteiger partial charge in [0.15, 0.2) is 0 Å². The van der Waals surface area contributed by atoms with Gasteiger partial charge in [0.2, 0.25) is 11.8 Å². The summed E-state index contributed by atoms with van der Waals surface area (Å²) in [6, 6.07) is 14.9. The molecule has 0 unspecified atom stereocenters. The number of hydrogen-bond acceptors (Lipinski definition) is 5. The van der Waals surface area contributed by atoms with Crippen molar-refractivity contribution in [2.45, 2.75) is 27.7 Å². The fraction of sp³-hybridized carbons (Fsp3) is 0.160. The minimum Gasteiger partial charge on any atom is -0.326 e. The molecule has 3 aromatic rings. The van der Waals surface area contributed by atoms with Crippen LogP contribution in [0.3, 0.4) is 0 Å². The van der Waals surface area contributed by atoms with Crippen molar-refractivity contribution in [1.82, 2.24) is 4.98 Å². The van der Waals surface area contributed by atoms with Gasteiger partial charge in [-0.05, 0) is 61.4 Å². The van der Waals surface area contributed by atoms with Crippen molar-refractivity contribution in [3.63, 3.8) is 0 Å². The highest BCUT2D eigenvalue weighted by Crippen LogP contribution is 2.25. The quantitative estimate of drug-likeness (QED) is 0.441. The summed E-state index contributed by atoms with van der Waals surface area (Å²) >= 11 is 0. The Morgan fingerprint density at radius 2 is 0.882 bits per heavy atom. The normalized spacial score (nSPS) is 10.2. The summed E-state index contributed by atoms with van der Waals surface area (Å²) in [4.78, 5) is 52.6. The first-order chi connectivity index (χ1) is 16.2. The zero-order chi connectivity index (χ0) is 24.8. The molecule has 0 bridgehead atoms. The van der Waals surface area contributed by atoms with Gasteiger partial charge in [0, 0.05) is 36.6 Å². The third-order valence-electron chi connectivity index (χ3n) is 5.00. The first kappa shape index (κ1) is 24.1. The zero-order valence-electron chi connectivity index (χ0n) is 19.3. The van der Waals surface area contributed by atoms with E-state index in [9.17, 15) is 19.2 Å². The van der Waals surface area contributed by atoms with Crippen molar-refractivity contribution in [1.29, 1.82) is 0 Å². The molecule has 0 aliphatic rings. The Bertz CT molecular complexity index is 1190. The Morgan fingerprint density at radius 1 is 0.559 bits per heavy atom. The molecule has 174 valence electrons. The number of benzene rings is 2. The standard InChI is InChI=1S/C25H25N5O4/c1-14-18(26-16(3)31)8-5-10-20(14)29-24(33)22-12-7-13-23(28-22)25(34)30-21-11-6-9-19(15(21)2)27-17(4)32/h5-13H,1-4H3,(H,26,31)(H,27,32)(H,29,33)(H,30,34). The fourth-order valence-electron chi connectivity index (χ4n) is 3.25. The number of amides is 4. The second kappa shape index (κ2) is 10.4. The van der Waals surface area contributed by atoms with Crippen LogP contribution in [0.25, 0.3) is 0 Å². The van der Waals surface area contributed by atoms with Gasteiger partial charge >= 0.3 is 0 Å². The number of carbonyl (C=O) groups is 4. The predicted octanol–water partition coefficient (Wildman–Crippen LogP) is 4.12. The highest BCUT2D eigenvalue weighted by molar-refractivity contribution is 6.07. The van der Waals surface area contributed by atoms with E-state index in [-0.39, 0.29) is 23.2 Å². The number of hydrogen-bond donors (Lipinski definition) is 4. The van der Waals surface area contributed by atoms with Crippen LogP contribution in [0, 0.1) is 13.8 Å². The van der Waals surface area contributed by atoms with Crippen LogP contribution in [-0.2, 0) is 9.59 Å². The van der Waals surface area contributed by atoms with E-state index in [1.807, 2.05) is 0 Å². The van der Waals surface area contributed by atoms with Gasteiger partial charge in [0.1, 0.15) is 11.4 Å². The molecule has 0 fully saturated rings. The van der Waals surface area contributed by atoms with E-state index in [1.54, 1.807) is 56.3 Å². The molecule has 0 saturated carbocycles. The van der Waals surface area contributed by atoms with Gasteiger partial charge in [0.05, 0.1) is 0 Å². The number of aromatic nitrogens is 1. The summed E-state index contributed by atoms with van der Waals surface area (Å²) in [5.41, 5.74) is 3.69. The molecule has 3 rings (SSSR count). The van der Waals surface area contributed by atoms with Gasteiger partial charge in [-0.3, -0.25) is 19.2 Å². The van der Waals surface area contributed by atoms with Crippen LogP contribution in [0.5, 0.6) is 0 Å². The average Bonchev–Trinajstić information content (AvgIpc) is 2.78. The minimum absolute atomic E-state index is 0.0562. The molecular weight excluding hydrogens is 434 g/mol. The number of anilines is 4.